The van der Waals surface area contributed by atoms with Crippen molar-refractivity contribution in [1.29, 1.82) is 0 Å². The van der Waals surface area contributed by atoms with Crippen molar-refractivity contribution < 1.29 is 22.7 Å². The first-order chi connectivity index (χ1) is 7.64. The van der Waals surface area contributed by atoms with Crippen LogP contribution in [0.4, 0.5) is 13.2 Å². The molecule has 0 spiro atoms. The Balaban J connectivity index is 4.29. The van der Waals surface area contributed by atoms with Crippen molar-refractivity contribution in [3.63, 3.8) is 0 Å². The predicted octanol–water partition coefficient (Wildman–Crippen LogP) is 1.02. The first kappa shape index (κ1) is 16.2. The van der Waals surface area contributed by atoms with Gasteiger partial charge in [0, 0.05) is 6.54 Å². The summed E-state index contributed by atoms with van der Waals surface area (Å²) in [7, 11) is 4.18. The monoisotopic (exact) mass is 256 g/mol. The van der Waals surface area contributed by atoms with E-state index in [9.17, 15) is 18.0 Å². The Labute approximate surface area is 99.1 Å². The number of esters is 1. The van der Waals surface area contributed by atoms with E-state index in [0.717, 1.165) is 4.90 Å². The summed E-state index contributed by atoms with van der Waals surface area (Å²) in [5.41, 5.74) is -0.964. The first-order valence-corrected chi connectivity index (χ1v) is 5.17. The SMILES string of the molecule is CNC(C)(CCN(C)CC(F)(F)F)C(=O)OC. The zero-order chi connectivity index (χ0) is 13.7. The van der Waals surface area contributed by atoms with Crippen LogP contribution in [0.2, 0.25) is 0 Å². The number of alkyl halides is 3. The molecule has 7 heteroatoms. The summed E-state index contributed by atoms with van der Waals surface area (Å²) < 4.78 is 40.8. The maximum Gasteiger partial charge on any atom is 0.401 e. The zero-order valence-corrected chi connectivity index (χ0v) is 10.5. The van der Waals surface area contributed by atoms with Gasteiger partial charge in [0.2, 0.25) is 0 Å². The van der Waals surface area contributed by atoms with E-state index >= 15 is 0 Å². The fourth-order valence-corrected chi connectivity index (χ4v) is 1.35. The van der Waals surface area contributed by atoms with Crippen LogP contribution in [0.15, 0.2) is 0 Å². The highest BCUT2D eigenvalue weighted by Crippen LogP contribution is 2.17. The van der Waals surface area contributed by atoms with Crippen LogP contribution >= 0.6 is 0 Å². The second-order valence-corrected chi connectivity index (χ2v) is 4.18. The Hall–Kier alpha value is -0.820. The van der Waals surface area contributed by atoms with Gasteiger partial charge in [-0.15, -0.1) is 0 Å². The van der Waals surface area contributed by atoms with E-state index in [1.54, 1.807) is 14.0 Å². The summed E-state index contributed by atoms with van der Waals surface area (Å²) in [6.07, 6.45) is -3.99. The molecule has 1 unspecified atom stereocenters. The summed E-state index contributed by atoms with van der Waals surface area (Å²) in [6, 6.07) is 0. The molecule has 0 heterocycles. The van der Waals surface area contributed by atoms with Crippen LogP contribution in [0, 0.1) is 0 Å². The molecule has 0 radical (unpaired) electrons. The van der Waals surface area contributed by atoms with Crippen LogP contribution in [0.5, 0.6) is 0 Å². The van der Waals surface area contributed by atoms with Crippen LogP contribution < -0.4 is 5.32 Å². The van der Waals surface area contributed by atoms with Crippen LogP contribution in [0.1, 0.15) is 13.3 Å². The van der Waals surface area contributed by atoms with Gasteiger partial charge in [0.25, 0.3) is 0 Å². The van der Waals surface area contributed by atoms with Crippen molar-refractivity contribution in [3.8, 4) is 0 Å². The molecule has 0 saturated carbocycles. The van der Waals surface area contributed by atoms with Gasteiger partial charge in [-0.25, -0.2) is 0 Å². The fraction of sp³-hybridized carbons (Fsp3) is 0.900. The second kappa shape index (κ2) is 6.20. The van der Waals surface area contributed by atoms with Crippen LogP contribution in [-0.4, -0.2) is 56.9 Å². The third-order valence-corrected chi connectivity index (χ3v) is 2.63. The number of hydrogen-bond donors (Lipinski definition) is 1. The van der Waals surface area contributed by atoms with Gasteiger partial charge in [-0.3, -0.25) is 9.69 Å². The molecular formula is C10H19F3N2O2. The number of hydrogen-bond acceptors (Lipinski definition) is 4. The number of halogens is 3. The van der Waals surface area contributed by atoms with Gasteiger partial charge in [-0.2, -0.15) is 13.2 Å². The fourth-order valence-electron chi connectivity index (χ4n) is 1.35. The number of likely N-dealkylation sites (N-methyl/N-ethyl adjacent to an activating group) is 1. The highest BCUT2D eigenvalue weighted by atomic mass is 19.4. The largest absolute Gasteiger partial charge is 0.468 e. The Morgan fingerprint density at radius 1 is 1.41 bits per heavy atom. The van der Waals surface area contributed by atoms with E-state index in [-0.39, 0.29) is 13.0 Å². The van der Waals surface area contributed by atoms with Gasteiger partial charge < -0.3 is 10.1 Å². The molecule has 0 aromatic heterocycles. The highest BCUT2D eigenvalue weighted by molar-refractivity contribution is 5.80. The Morgan fingerprint density at radius 3 is 2.29 bits per heavy atom. The molecular weight excluding hydrogens is 237 g/mol. The molecule has 1 N–H and O–H groups in total. The van der Waals surface area contributed by atoms with E-state index < -0.39 is 24.2 Å². The molecule has 0 bridgehead atoms. The summed E-state index contributed by atoms with van der Waals surface area (Å²) in [5, 5.41) is 2.76. The molecule has 1 atom stereocenters. The summed E-state index contributed by atoms with van der Waals surface area (Å²) in [5.74, 6) is -0.486. The molecule has 17 heavy (non-hydrogen) atoms. The van der Waals surface area contributed by atoms with E-state index in [0.29, 0.717) is 0 Å². The lowest BCUT2D eigenvalue weighted by Gasteiger charge is -2.28. The number of ether oxygens (including phenoxy) is 1. The van der Waals surface area contributed by atoms with Crippen LogP contribution in [-0.2, 0) is 9.53 Å². The summed E-state index contributed by atoms with van der Waals surface area (Å²) in [6.45, 7) is 0.750. The number of rotatable bonds is 6. The van der Waals surface area contributed by atoms with Crippen molar-refractivity contribution in [2.45, 2.75) is 25.1 Å². The molecule has 0 aliphatic heterocycles. The van der Waals surface area contributed by atoms with Crippen molar-refractivity contribution >= 4 is 5.97 Å². The molecule has 102 valence electrons. The Bertz CT molecular complexity index is 258. The third kappa shape index (κ3) is 5.88. The van der Waals surface area contributed by atoms with E-state index in [4.69, 9.17) is 0 Å². The first-order valence-electron chi connectivity index (χ1n) is 5.17. The lowest BCUT2D eigenvalue weighted by atomic mass is 9.98. The van der Waals surface area contributed by atoms with Crippen LogP contribution in [0.25, 0.3) is 0 Å². The maximum absolute atomic E-state index is 12.1. The molecule has 4 nitrogen and oxygen atoms in total. The molecule has 0 fully saturated rings. The molecule has 0 amide bonds. The van der Waals surface area contributed by atoms with Crippen molar-refractivity contribution in [3.05, 3.63) is 0 Å². The molecule has 0 aromatic carbocycles. The predicted molar refractivity (Wildman–Crippen MR) is 57.6 cm³/mol. The number of nitrogens with zero attached hydrogens (tertiary/aromatic N) is 1. The van der Waals surface area contributed by atoms with Gasteiger partial charge in [0.15, 0.2) is 0 Å². The van der Waals surface area contributed by atoms with Gasteiger partial charge >= 0.3 is 12.1 Å². The molecule has 0 saturated heterocycles. The molecule has 0 aliphatic rings. The minimum absolute atomic E-state index is 0.145. The number of methoxy groups -OCH3 is 1. The quantitative estimate of drug-likeness (QED) is 0.720. The topological polar surface area (TPSA) is 41.6 Å². The van der Waals surface area contributed by atoms with Crippen molar-refractivity contribution in [2.24, 2.45) is 0 Å². The molecule has 0 aliphatic carbocycles. The third-order valence-electron chi connectivity index (χ3n) is 2.63. The smallest absolute Gasteiger partial charge is 0.401 e. The minimum atomic E-state index is -4.23. The van der Waals surface area contributed by atoms with E-state index in [2.05, 4.69) is 10.1 Å². The maximum atomic E-state index is 12.1. The molecule has 0 rings (SSSR count). The molecule has 0 aromatic rings. The lowest BCUT2D eigenvalue weighted by Crippen LogP contribution is -2.50. The van der Waals surface area contributed by atoms with Gasteiger partial charge in [-0.05, 0) is 27.4 Å². The van der Waals surface area contributed by atoms with Crippen LogP contribution in [0.3, 0.4) is 0 Å². The zero-order valence-electron chi connectivity index (χ0n) is 10.5. The summed E-state index contributed by atoms with van der Waals surface area (Å²) in [4.78, 5) is 12.6. The average molecular weight is 256 g/mol. The normalized spacial score (nSPS) is 15.8. The lowest BCUT2D eigenvalue weighted by molar-refractivity contribution is -0.149. The minimum Gasteiger partial charge on any atom is -0.468 e. The van der Waals surface area contributed by atoms with Crippen molar-refractivity contribution in [1.82, 2.24) is 10.2 Å². The van der Waals surface area contributed by atoms with E-state index in [1.165, 1.54) is 14.2 Å². The summed E-state index contributed by atoms with van der Waals surface area (Å²) >= 11 is 0. The number of carbonyl (C=O) groups excluding carboxylic acids is 1. The number of nitrogens with one attached hydrogen (secondary N) is 1. The van der Waals surface area contributed by atoms with Gasteiger partial charge in [-0.1, -0.05) is 0 Å². The Morgan fingerprint density at radius 2 is 1.94 bits per heavy atom. The highest BCUT2D eigenvalue weighted by Gasteiger charge is 2.34. The van der Waals surface area contributed by atoms with Gasteiger partial charge in [0.1, 0.15) is 5.54 Å². The standard InChI is InChI=1S/C10H19F3N2O2/c1-9(14-2,8(16)17-4)5-6-15(3)7-10(11,12)13/h14H,5-7H2,1-4H3. The average Bonchev–Trinajstić information content (AvgIpc) is 2.22. The second-order valence-electron chi connectivity index (χ2n) is 4.18. The number of carbonyl (C=O) groups is 1. The van der Waals surface area contributed by atoms with Gasteiger partial charge in [0.05, 0.1) is 13.7 Å². The van der Waals surface area contributed by atoms with Crippen molar-refractivity contribution in [2.75, 3.05) is 34.3 Å². The van der Waals surface area contributed by atoms with E-state index in [1.807, 2.05) is 0 Å². The Kier molecular flexibility index (Phi) is 5.91.